The predicted molar refractivity (Wildman–Crippen MR) is 55.8 cm³/mol. The van der Waals surface area contributed by atoms with E-state index in [2.05, 4.69) is 10.3 Å². The standard InChI is InChI=1S/C10H15N3O/c1-4-14-10-7-5-6-9(8-10)11-12-13(2)3/h5-8H,4H2,1-3H3. The average molecular weight is 193 g/mol. The van der Waals surface area contributed by atoms with Gasteiger partial charge in [0, 0.05) is 20.2 Å². The molecule has 0 N–H and O–H groups in total. The first-order chi connectivity index (χ1) is 6.72. The molecule has 4 heteroatoms. The molecule has 1 rings (SSSR count). The Kier molecular flexibility index (Phi) is 3.91. The van der Waals surface area contributed by atoms with Crippen LogP contribution in [0.4, 0.5) is 5.69 Å². The Labute approximate surface area is 84.2 Å². The van der Waals surface area contributed by atoms with Gasteiger partial charge in [-0.25, -0.2) is 0 Å². The Hall–Kier alpha value is -1.58. The summed E-state index contributed by atoms with van der Waals surface area (Å²) in [4.78, 5) is 0. The predicted octanol–water partition coefficient (Wildman–Crippen LogP) is 2.65. The van der Waals surface area contributed by atoms with E-state index in [0.29, 0.717) is 6.61 Å². The molecule has 76 valence electrons. The van der Waals surface area contributed by atoms with Gasteiger partial charge in [-0.15, -0.1) is 5.11 Å². The van der Waals surface area contributed by atoms with E-state index in [-0.39, 0.29) is 0 Å². The van der Waals surface area contributed by atoms with Gasteiger partial charge in [0.15, 0.2) is 0 Å². The number of nitrogens with zero attached hydrogens (tertiary/aromatic N) is 3. The van der Waals surface area contributed by atoms with Crippen LogP contribution in [0.3, 0.4) is 0 Å². The summed E-state index contributed by atoms with van der Waals surface area (Å²) in [6.45, 7) is 2.61. The second-order valence-electron chi connectivity index (χ2n) is 2.97. The zero-order valence-corrected chi connectivity index (χ0v) is 8.77. The number of benzene rings is 1. The summed E-state index contributed by atoms with van der Waals surface area (Å²) in [6.07, 6.45) is 0. The lowest BCUT2D eigenvalue weighted by atomic mass is 10.3. The van der Waals surface area contributed by atoms with E-state index in [0.717, 1.165) is 11.4 Å². The van der Waals surface area contributed by atoms with Gasteiger partial charge in [-0.2, -0.15) is 0 Å². The van der Waals surface area contributed by atoms with Crippen LogP contribution in [-0.4, -0.2) is 25.7 Å². The van der Waals surface area contributed by atoms with Gasteiger partial charge >= 0.3 is 0 Å². The molecule has 0 aliphatic rings. The van der Waals surface area contributed by atoms with Crippen molar-refractivity contribution in [3.63, 3.8) is 0 Å². The molecule has 0 amide bonds. The molecule has 0 aliphatic heterocycles. The largest absolute Gasteiger partial charge is 0.494 e. The fraction of sp³-hybridized carbons (Fsp3) is 0.400. The van der Waals surface area contributed by atoms with Crippen molar-refractivity contribution in [3.8, 4) is 5.75 Å². The maximum Gasteiger partial charge on any atom is 0.121 e. The number of rotatable bonds is 4. The van der Waals surface area contributed by atoms with Crippen molar-refractivity contribution < 1.29 is 4.74 Å². The van der Waals surface area contributed by atoms with Crippen LogP contribution in [0, 0.1) is 0 Å². The molecule has 0 aliphatic carbocycles. The SMILES string of the molecule is CCOc1cccc(N=NN(C)C)c1. The van der Waals surface area contributed by atoms with E-state index in [9.17, 15) is 0 Å². The fourth-order valence-electron chi connectivity index (χ4n) is 0.943. The van der Waals surface area contributed by atoms with Gasteiger partial charge in [0.05, 0.1) is 12.3 Å². The highest BCUT2D eigenvalue weighted by Gasteiger charge is 1.94. The first-order valence-electron chi connectivity index (χ1n) is 4.54. The maximum absolute atomic E-state index is 5.34. The molecule has 0 radical (unpaired) electrons. The summed E-state index contributed by atoms with van der Waals surface area (Å²) in [5.41, 5.74) is 0.796. The molecule has 0 aromatic heterocycles. The third kappa shape index (κ3) is 3.43. The third-order valence-electron chi connectivity index (χ3n) is 1.47. The molecule has 4 nitrogen and oxygen atoms in total. The van der Waals surface area contributed by atoms with E-state index in [4.69, 9.17) is 4.74 Å². The van der Waals surface area contributed by atoms with Crippen molar-refractivity contribution in [1.82, 2.24) is 5.01 Å². The molecule has 0 unspecified atom stereocenters. The van der Waals surface area contributed by atoms with E-state index >= 15 is 0 Å². The normalized spacial score (nSPS) is 10.5. The molecular weight excluding hydrogens is 178 g/mol. The van der Waals surface area contributed by atoms with Crippen molar-refractivity contribution in [1.29, 1.82) is 0 Å². The summed E-state index contributed by atoms with van der Waals surface area (Å²) < 4.78 is 5.34. The highest BCUT2D eigenvalue weighted by atomic mass is 16.5. The summed E-state index contributed by atoms with van der Waals surface area (Å²) in [5, 5.41) is 9.56. The molecule has 0 spiro atoms. The molecule has 0 bridgehead atoms. The van der Waals surface area contributed by atoms with Crippen molar-refractivity contribution in [2.45, 2.75) is 6.92 Å². The topological polar surface area (TPSA) is 37.2 Å². The van der Waals surface area contributed by atoms with Crippen molar-refractivity contribution in [2.24, 2.45) is 10.3 Å². The Bertz CT molecular complexity index is 310. The van der Waals surface area contributed by atoms with Crippen molar-refractivity contribution >= 4 is 5.69 Å². The smallest absolute Gasteiger partial charge is 0.121 e. The van der Waals surface area contributed by atoms with Gasteiger partial charge in [0.1, 0.15) is 5.75 Å². The molecule has 0 fully saturated rings. The molecule has 0 saturated heterocycles. The van der Waals surface area contributed by atoms with Gasteiger partial charge in [-0.05, 0) is 19.1 Å². The monoisotopic (exact) mass is 193 g/mol. The molecule has 1 aromatic rings. The van der Waals surface area contributed by atoms with E-state index < -0.39 is 0 Å². The van der Waals surface area contributed by atoms with Crippen LogP contribution in [0.5, 0.6) is 5.75 Å². The fourth-order valence-corrected chi connectivity index (χ4v) is 0.943. The van der Waals surface area contributed by atoms with Crippen LogP contribution in [0.25, 0.3) is 0 Å². The lowest BCUT2D eigenvalue weighted by molar-refractivity contribution is 0.340. The summed E-state index contributed by atoms with van der Waals surface area (Å²) in [5.74, 6) is 0.822. The zero-order valence-electron chi connectivity index (χ0n) is 8.77. The molecule has 0 saturated carbocycles. The van der Waals surface area contributed by atoms with Crippen LogP contribution in [0.15, 0.2) is 34.6 Å². The highest BCUT2D eigenvalue weighted by Crippen LogP contribution is 2.20. The number of hydrogen-bond acceptors (Lipinski definition) is 3. The molecule has 14 heavy (non-hydrogen) atoms. The molecular formula is C10H15N3O. The minimum Gasteiger partial charge on any atom is -0.494 e. The van der Waals surface area contributed by atoms with Gasteiger partial charge in [0.2, 0.25) is 0 Å². The Morgan fingerprint density at radius 1 is 1.36 bits per heavy atom. The molecule has 0 atom stereocenters. The van der Waals surface area contributed by atoms with Gasteiger partial charge < -0.3 is 4.74 Å². The van der Waals surface area contributed by atoms with Crippen molar-refractivity contribution in [3.05, 3.63) is 24.3 Å². The number of hydrogen-bond donors (Lipinski definition) is 0. The zero-order chi connectivity index (χ0) is 10.4. The molecule has 1 aromatic carbocycles. The second kappa shape index (κ2) is 5.21. The Morgan fingerprint density at radius 3 is 2.79 bits per heavy atom. The van der Waals surface area contributed by atoms with Crippen LogP contribution in [0.1, 0.15) is 6.92 Å². The quantitative estimate of drug-likeness (QED) is 0.544. The summed E-state index contributed by atoms with van der Waals surface area (Å²) in [7, 11) is 3.66. The van der Waals surface area contributed by atoms with Crippen LogP contribution in [-0.2, 0) is 0 Å². The first kappa shape index (κ1) is 10.5. The minimum absolute atomic E-state index is 0.661. The molecule has 0 heterocycles. The highest BCUT2D eigenvalue weighted by molar-refractivity contribution is 5.42. The Morgan fingerprint density at radius 2 is 2.14 bits per heavy atom. The van der Waals surface area contributed by atoms with Gasteiger partial charge in [0.25, 0.3) is 0 Å². The second-order valence-corrected chi connectivity index (χ2v) is 2.97. The van der Waals surface area contributed by atoms with Crippen molar-refractivity contribution in [2.75, 3.05) is 20.7 Å². The summed E-state index contributed by atoms with van der Waals surface area (Å²) >= 11 is 0. The summed E-state index contributed by atoms with van der Waals surface area (Å²) in [6, 6.07) is 7.54. The third-order valence-corrected chi connectivity index (χ3v) is 1.47. The number of ether oxygens (including phenoxy) is 1. The average Bonchev–Trinajstić information content (AvgIpc) is 2.16. The Balaban J connectivity index is 2.73. The minimum atomic E-state index is 0.661. The van der Waals surface area contributed by atoms with Crippen LogP contribution >= 0.6 is 0 Å². The lowest BCUT2D eigenvalue weighted by Gasteiger charge is -2.03. The van der Waals surface area contributed by atoms with Gasteiger partial charge in [-0.3, -0.25) is 5.01 Å². The lowest BCUT2D eigenvalue weighted by Crippen LogP contribution is -1.98. The van der Waals surface area contributed by atoms with E-state index in [1.165, 1.54) is 0 Å². The van der Waals surface area contributed by atoms with E-state index in [1.54, 1.807) is 5.01 Å². The first-order valence-corrected chi connectivity index (χ1v) is 4.54. The van der Waals surface area contributed by atoms with Gasteiger partial charge in [-0.1, -0.05) is 11.3 Å². The van der Waals surface area contributed by atoms with Crippen LogP contribution < -0.4 is 4.74 Å². The van der Waals surface area contributed by atoms with Crippen LogP contribution in [0.2, 0.25) is 0 Å². The van der Waals surface area contributed by atoms with E-state index in [1.807, 2.05) is 45.3 Å². The maximum atomic E-state index is 5.34.